The van der Waals surface area contributed by atoms with Crippen molar-refractivity contribution in [3.05, 3.63) is 17.7 Å². The van der Waals surface area contributed by atoms with Gasteiger partial charge in [0.25, 0.3) is 0 Å². The number of benzene rings is 1. The van der Waals surface area contributed by atoms with Crippen molar-refractivity contribution in [3.8, 4) is 11.5 Å². The Morgan fingerprint density at radius 2 is 2.05 bits per heavy atom. The normalized spacial score (nSPS) is 10.8. The number of ether oxygens (including phenoxy) is 2. The minimum absolute atomic E-state index is 0.135. The molecule has 1 amide bonds. The number of phenolic OH excluding ortho intramolecular Hbond substituents is 1. The molecule has 1 aromatic carbocycles. The predicted octanol–water partition coefficient (Wildman–Crippen LogP) is 2.49. The van der Waals surface area contributed by atoms with E-state index in [9.17, 15) is 14.7 Å². The molecule has 0 unspecified atom stereocenters. The SMILES string of the molecule is COc1cc(CC=O)cc(NC(=O)OC(C)(C)C)c1O. The van der Waals surface area contributed by atoms with Gasteiger partial charge in [-0.05, 0) is 38.5 Å². The fraction of sp³-hybridized carbons (Fsp3) is 0.429. The van der Waals surface area contributed by atoms with E-state index in [1.165, 1.54) is 19.2 Å². The molecule has 0 aromatic heterocycles. The van der Waals surface area contributed by atoms with Crippen molar-refractivity contribution in [2.75, 3.05) is 12.4 Å². The molecule has 0 aliphatic heterocycles. The molecule has 20 heavy (non-hydrogen) atoms. The Balaban J connectivity index is 3.01. The van der Waals surface area contributed by atoms with Crippen LogP contribution in [0.25, 0.3) is 0 Å². The molecule has 6 nitrogen and oxygen atoms in total. The topological polar surface area (TPSA) is 84.9 Å². The van der Waals surface area contributed by atoms with E-state index in [0.29, 0.717) is 5.56 Å². The van der Waals surface area contributed by atoms with Gasteiger partial charge in [-0.15, -0.1) is 0 Å². The number of anilines is 1. The molecule has 0 spiro atoms. The van der Waals surface area contributed by atoms with E-state index in [4.69, 9.17) is 9.47 Å². The van der Waals surface area contributed by atoms with Gasteiger partial charge in [-0.1, -0.05) is 0 Å². The van der Waals surface area contributed by atoms with Crippen LogP contribution < -0.4 is 10.1 Å². The number of rotatable bonds is 4. The van der Waals surface area contributed by atoms with Crippen LogP contribution in [0.1, 0.15) is 26.3 Å². The summed E-state index contributed by atoms with van der Waals surface area (Å²) in [4.78, 5) is 22.3. The molecule has 0 aliphatic carbocycles. The zero-order valence-electron chi connectivity index (χ0n) is 12.0. The van der Waals surface area contributed by atoms with Gasteiger partial charge in [0.05, 0.1) is 12.8 Å². The third-order valence-electron chi connectivity index (χ3n) is 2.31. The number of aldehydes is 1. The van der Waals surface area contributed by atoms with Crippen molar-refractivity contribution in [2.45, 2.75) is 32.8 Å². The molecular weight excluding hydrogens is 262 g/mol. The van der Waals surface area contributed by atoms with Crippen LogP contribution in [-0.4, -0.2) is 30.2 Å². The molecule has 0 bridgehead atoms. The van der Waals surface area contributed by atoms with Gasteiger partial charge >= 0.3 is 6.09 Å². The smallest absolute Gasteiger partial charge is 0.412 e. The van der Waals surface area contributed by atoms with Gasteiger partial charge in [-0.2, -0.15) is 0 Å². The molecule has 0 fully saturated rings. The van der Waals surface area contributed by atoms with Gasteiger partial charge in [0.15, 0.2) is 11.5 Å². The summed E-state index contributed by atoms with van der Waals surface area (Å²) < 4.78 is 10.1. The van der Waals surface area contributed by atoms with Crippen LogP contribution in [0.3, 0.4) is 0 Å². The number of hydrogen-bond acceptors (Lipinski definition) is 5. The van der Waals surface area contributed by atoms with Crippen molar-refractivity contribution in [2.24, 2.45) is 0 Å². The summed E-state index contributed by atoms with van der Waals surface area (Å²) >= 11 is 0. The van der Waals surface area contributed by atoms with Crippen LogP contribution in [-0.2, 0) is 16.0 Å². The maximum atomic E-state index is 11.7. The zero-order valence-corrected chi connectivity index (χ0v) is 12.0. The predicted molar refractivity (Wildman–Crippen MR) is 74.3 cm³/mol. The van der Waals surface area contributed by atoms with E-state index in [1.807, 2.05) is 0 Å². The van der Waals surface area contributed by atoms with Crippen molar-refractivity contribution in [1.82, 2.24) is 0 Å². The number of carbonyl (C=O) groups is 2. The highest BCUT2D eigenvalue weighted by atomic mass is 16.6. The molecule has 0 atom stereocenters. The first-order chi connectivity index (χ1) is 9.26. The number of amides is 1. The lowest BCUT2D eigenvalue weighted by Crippen LogP contribution is -2.27. The summed E-state index contributed by atoms with van der Waals surface area (Å²) in [5.41, 5.74) is 0.0978. The number of aromatic hydroxyl groups is 1. The highest BCUT2D eigenvalue weighted by molar-refractivity contribution is 5.88. The number of methoxy groups -OCH3 is 1. The first kappa shape index (κ1) is 15.8. The second-order valence-corrected chi connectivity index (χ2v) is 5.19. The van der Waals surface area contributed by atoms with Crippen molar-refractivity contribution >= 4 is 18.1 Å². The minimum Gasteiger partial charge on any atom is -0.503 e. The van der Waals surface area contributed by atoms with E-state index < -0.39 is 11.7 Å². The fourth-order valence-electron chi connectivity index (χ4n) is 1.54. The van der Waals surface area contributed by atoms with Crippen LogP contribution in [0.5, 0.6) is 11.5 Å². The number of hydrogen-bond donors (Lipinski definition) is 2. The maximum Gasteiger partial charge on any atom is 0.412 e. The highest BCUT2D eigenvalue weighted by Crippen LogP contribution is 2.35. The molecule has 0 aliphatic rings. The fourth-order valence-corrected chi connectivity index (χ4v) is 1.54. The molecule has 2 N–H and O–H groups in total. The Kier molecular flexibility index (Phi) is 4.96. The van der Waals surface area contributed by atoms with Gasteiger partial charge in [0.2, 0.25) is 0 Å². The van der Waals surface area contributed by atoms with Crippen LogP contribution >= 0.6 is 0 Å². The summed E-state index contributed by atoms with van der Waals surface area (Å²) in [6, 6.07) is 3.03. The van der Waals surface area contributed by atoms with Crippen LogP contribution in [0.15, 0.2) is 12.1 Å². The third kappa shape index (κ3) is 4.46. The molecule has 0 radical (unpaired) electrons. The van der Waals surface area contributed by atoms with Crippen molar-refractivity contribution in [3.63, 3.8) is 0 Å². The summed E-state index contributed by atoms with van der Waals surface area (Å²) in [6.07, 6.45) is 0.181. The lowest BCUT2D eigenvalue weighted by molar-refractivity contribution is -0.107. The molecule has 0 saturated heterocycles. The third-order valence-corrected chi connectivity index (χ3v) is 2.31. The van der Waals surface area contributed by atoms with E-state index in [2.05, 4.69) is 5.32 Å². The standard InChI is InChI=1S/C14H19NO5/c1-14(2,3)20-13(18)15-10-7-9(5-6-16)8-11(19-4)12(10)17/h6-8,17H,5H2,1-4H3,(H,15,18). The first-order valence-electron chi connectivity index (χ1n) is 6.10. The monoisotopic (exact) mass is 281 g/mol. The molecule has 1 rings (SSSR count). The van der Waals surface area contributed by atoms with Crippen molar-refractivity contribution < 1.29 is 24.2 Å². The summed E-state index contributed by atoms with van der Waals surface area (Å²) in [7, 11) is 1.39. The molecule has 0 saturated carbocycles. The molecule has 0 heterocycles. The van der Waals surface area contributed by atoms with Crippen LogP contribution in [0, 0.1) is 0 Å². The van der Waals surface area contributed by atoms with E-state index >= 15 is 0 Å². The number of nitrogens with one attached hydrogen (secondary N) is 1. The van der Waals surface area contributed by atoms with Gasteiger partial charge < -0.3 is 19.4 Å². The molecular formula is C14H19NO5. The van der Waals surface area contributed by atoms with E-state index in [-0.39, 0.29) is 23.6 Å². The molecule has 110 valence electrons. The van der Waals surface area contributed by atoms with Crippen LogP contribution in [0.4, 0.5) is 10.5 Å². The summed E-state index contributed by atoms with van der Waals surface area (Å²) in [5.74, 6) is -0.0385. The quantitative estimate of drug-likeness (QED) is 0.654. The summed E-state index contributed by atoms with van der Waals surface area (Å²) in [5, 5.41) is 12.4. The van der Waals surface area contributed by atoms with E-state index in [1.54, 1.807) is 20.8 Å². The summed E-state index contributed by atoms with van der Waals surface area (Å²) in [6.45, 7) is 5.20. The maximum absolute atomic E-state index is 11.7. The lowest BCUT2D eigenvalue weighted by Gasteiger charge is -2.20. The largest absolute Gasteiger partial charge is 0.503 e. The Bertz CT molecular complexity index is 505. The van der Waals surface area contributed by atoms with Gasteiger partial charge in [-0.3, -0.25) is 5.32 Å². The molecule has 1 aromatic rings. The van der Waals surface area contributed by atoms with Gasteiger partial charge in [0.1, 0.15) is 11.9 Å². The van der Waals surface area contributed by atoms with Crippen LogP contribution in [0.2, 0.25) is 0 Å². The second-order valence-electron chi connectivity index (χ2n) is 5.19. The lowest BCUT2D eigenvalue weighted by atomic mass is 10.1. The number of phenols is 1. The zero-order chi connectivity index (χ0) is 15.3. The number of carbonyl (C=O) groups excluding carboxylic acids is 2. The Morgan fingerprint density at radius 3 is 2.55 bits per heavy atom. The first-order valence-corrected chi connectivity index (χ1v) is 6.10. The average molecular weight is 281 g/mol. The van der Waals surface area contributed by atoms with Gasteiger partial charge in [-0.25, -0.2) is 4.79 Å². The molecule has 6 heteroatoms. The Labute approximate surface area is 117 Å². The second kappa shape index (κ2) is 6.27. The van der Waals surface area contributed by atoms with Gasteiger partial charge in [0, 0.05) is 6.42 Å². The average Bonchev–Trinajstić information content (AvgIpc) is 2.31. The minimum atomic E-state index is -0.696. The van der Waals surface area contributed by atoms with E-state index in [0.717, 1.165) is 6.29 Å². The highest BCUT2D eigenvalue weighted by Gasteiger charge is 2.19. The van der Waals surface area contributed by atoms with Crippen molar-refractivity contribution in [1.29, 1.82) is 0 Å². The Hall–Kier alpha value is -2.24. The Morgan fingerprint density at radius 1 is 1.40 bits per heavy atom.